The molecule has 0 spiro atoms. The van der Waals surface area contributed by atoms with E-state index in [0.29, 0.717) is 11.4 Å². The first-order valence-corrected chi connectivity index (χ1v) is 10.6. The fourth-order valence-corrected chi connectivity index (χ4v) is 3.64. The Balaban J connectivity index is 1.42. The molecule has 2 N–H and O–H groups in total. The number of carbonyl (C=O) groups is 2. The molecule has 1 unspecified atom stereocenters. The zero-order valence-electron chi connectivity index (χ0n) is 17.7. The second-order valence-electron chi connectivity index (χ2n) is 7.38. The minimum Gasteiger partial charge on any atom is -0.329 e. The molecule has 0 saturated heterocycles. The lowest BCUT2D eigenvalue weighted by Crippen LogP contribution is -2.36. The topological polar surface area (TPSA) is 74.3 Å². The molecule has 33 heavy (non-hydrogen) atoms. The number of hydrogen-bond donors (Lipinski definition) is 3. The number of benzene rings is 3. The van der Waals surface area contributed by atoms with E-state index in [1.54, 1.807) is 36.5 Å². The molecule has 8 heteroatoms. The van der Waals surface area contributed by atoms with Crippen molar-refractivity contribution in [3.8, 4) is 0 Å². The summed E-state index contributed by atoms with van der Waals surface area (Å²) < 4.78 is 15.0. The first-order chi connectivity index (χ1) is 15.9. The van der Waals surface area contributed by atoms with Crippen LogP contribution in [0.4, 0.5) is 20.6 Å². The number of fused-ring (bicyclic) bond motifs is 1. The molecule has 0 saturated carbocycles. The van der Waals surface area contributed by atoms with E-state index in [0.717, 1.165) is 16.5 Å². The van der Waals surface area contributed by atoms with Gasteiger partial charge >= 0.3 is 6.03 Å². The zero-order chi connectivity index (χ0) is 23.4. The number of pyridine rings is 1. The van der Waals surface area contributed by atoms with Crippen molar-refractivity contribution >= 4 is 46.9 Å². The van der Waals surface area contributed by atoms with E-state index in [2.05, 4.69) is 28.4 Å². The maximum absolute atomic E-state index is 13.8. The van der Waals surface area contributed by atoms with Crippen molar-refractivity contribution in [3.63, 3.8) is 0 Å². The van der Waals surface area contributed by atoms with Gasteiger partial charge in [0.2, 0.25) is 0 Å². The number of amides is 3. The molecule has 0 aliphatic rings. The number of rotatable bonds is 5. The van der Waals surface area contributed by atoms with Gasteiger partial charge in [0.05, 0.1) is 23.0 Å². The molecule has 3 amide bonds. The molecular formula is C25H21FN4O2S. The van der Waals surface area contributed by atoms with Crippen LogP contribution >= 0.6 is 12.8 Å². The van der Waals surface area contributed by atoms with Crippen molar-refractivity contribution in [1.82, 2.24) is 10.3 Å². The van der Waals surface area contributed by atoms with Crippen molar-refractivity contribution in [2.45, 2.75) is 13.0 Å². The van der Waals surface area contributed by atoms with Gasteiger partial charge in [-0.1, -0.05) is 49.2 Å². The fraction of sp³-hybridized carbons (Fsp3) is 0.0800. The predicted molar refractivity (Wildman–Crippen MR) is 131 cm³/mol. The van der Waals surface area contributed by atoms with E-state index in [1.165, 1.54) is 22.5 Å². The summed E-state index contributed by atoms with van der Waals surface area (Å²) in [7, 11) is 0. The molecule has 4 aromatic rings. The van der Waals surface area contributed by atoms with Crippen LogP contribution in [0.2, 0.25) is 0 Å². The van der Waals surface area contributed by atoms with Crippen LogP contribution in [0.3, 0.4) is 0 Å². The average molecular weight is 461 g/mol. The molecule has 0 radical (unpaired) electrons. The summed E-state index contributed by atoms with van der Waals surface area (Å²) in [5.74, 6) is -1.16. The van der Waals surface area contributed by atoms with E-state index in [-0.39, 0.29) is 11.6 Å². The van der Waals surface area contributed by atoms with Crippen LogP contribution in [0.25, 0.3) is 10.8 Å². The van der Waals surface area contributed by atoms with Crippen LogP contribution in [0.1, 0.15) is 29.0 Å². The SMILES string of the molecule is CC(NC(=O)N(S)c1ccc(NC(=O)c2ccccc2F)cc1)c1nccc2ccccc12. The Morgan fingerprint density at radius 1 is 0.970 bits per heavy atom. The summed E-state index contributed by atoms with van der Waals surface area (Å²) in [6.45, 7) is 1.86. The second-order valence-corrected chi connectivity index (χ2v) is 7.78. The van der Waals surface area contributed by atoms with Crippen molar-refractivity contribution in [1.29, 1.82) is 0 Å². The molecule has 1 atom stereocenters. The predicted octanol–water partition coefficient (Wildman–Crippen LogP) is 5.75. The molecule has 0 aliphatic carbocycles. The van der Waals surface area contributed by atoms with Gasteiger partial charge in [-0.05, 0) is 54.8 Å². The van der Waals surface area contributed by atoms with Gasteiger partial charge in [-0.2, -0.15) is 0 Å². The Bertz CT molecular complexity index is 1310. The van der Waals surface area contributed by atoms with Gasteiger partial charge in [0, 0.05) is 17.3 Å². The van der Waals surface area contributed by atoms with Crippen molar-refractivity contribution in [3.05, 3.63) is 102 Å². The zero-order valence-corrected chi connectivity index (χ0v) is 18.6. The highest BCUT2D eigenvalue weighted by Crippen LogP contribution is 2.24. The van der Waals surface area contributed by atoms with Gasteiger partial charge in [-0.25, -0.2) is 13.5 Å². The molecule has 3 aromatic carbocycles. The highest BCUT2D eigenvalue weighted by atomic mass is 32.1. The first kappa shape index (κ1) is 22.3. The summed E-state index contributed by atoms with van der Waals surface area (Å²) in [5, 5.41) is 7.54. The van der Waals surface area contributed by atoms with Gasteiger partial charge in [0.1, 0.15) is 5.82 Å². The summed E-state index contributed by atoms with van der Waals surface area (Å²) in [6.07, 6.45) is 1.72. The molecule has 1 aromatic heterocycles. The number of urea groups is 1. The molecule has 0 fully saturated rings. The minimum absolute atomic E-state index is 0.0483. The van der Waals surface area contributed by atoms with Crippen LogP contribution < -0.4 is 14.9 Å². The van der Waals surface area contributed by atoms with Crippen LogP contribution in [-0.2, 0) is 0 Å². The smallest absolute Gasteiger partial charge is 0.329 e. The molecule has 4 rings (SSSR count). The summed E-state index contributed by atoms with van der Waals surface area (Å²) in [6, 6.07) is 21.2. The normalized spacial score (nSPS) is 11.6. The maximum atomic E-state index is 13.8. The molecule has 6 nitrogen and oxygen atoms in total. The molecular weight excluding hydrogens is 439 g/mol. The second kappa shape index (κ2) is 9.70. The van der Waals surface area contributed by atoms with Gasteiger partial charge < -0.3 is 10.6 Å². The van der Waals surface area contributed by atoms with Gasteiger partial charge in [-0.15, -0.1) is 0 Å². The van der Waals surface area contributed by atoms with Gasteiger partial charge in [0.15, 0.2) is 0 Å². The van der Waals surface area contributed by atoms with Crippen LogP contribution in [0.15, 0.2) is 85.1 Å². The number of carbonyl (C=O) groups excluding carboxylic acids is 2. The third-order valence-corrected chi connectivity index (χ3v) is 5.55. The fourth-order valence-electron chi connectivity index (χ4n) is 3.45. The third kappa shape index (κ3) is 4.96. The Labute approximate surface area is 196 Å². The summed E-state index contributed by atoms with van der Waals surface area (Å²) in [5.41, 5.74) is 1.67. The van der Waals surface area contributed by atoms with Crippen LogP contribution in [-0.4, -0.2) is 16.9 Å². The number of halogens is 1. The maximum Gasteiger partial charge on any atom is 0.332 e. The van der Waals surface area contributed by atoms with Crippen molar-refractivity contribution in [2.75, 3.05) is 9.62 Å². The van der Waals surface area contributed by atoms with Crippen molar-refractivity contribution in [2.24, 2.45) is 0 Å². The highest BCUT2D eigenvalue weighted by Gasteiger charge is 2.18. The van der Waals surface area contributed by atoms with E-state index in [9.17, 15) is 14.0 Å². The number of nitrogens with zero attached hydrogens (tertiary/aromatic N) is 2. The summed E-state index contributed by atoms with van der Waals surface area (Å²) >= 11 is 4.31. The lowest BCUT2D eigenvalue weighted by atomic mass is 10.1. The van der Waals surface area contributed by atoms with Crippen LogP contribution in [0.5, 0.6) is 0 Å². The minimum atomic E-state index is -0.598. The van der Waals surface area contributed by atoms with Gasteiger partial charge in [0.25, 0.3) is 5.91 Å². The Morgan fingerprint density at radius 3 is 2.42 bits per heavy atom. The standard InChI is InChI=1S/C25H21FN4O2S/c1-16(23-20-7-3-2-6-17(20)14-15-27-23)28-25(32)30(33)19-12-10-18(11-13-19)29-24(31)21-8-4-5-9-22(21)26/h2-16,33H,1H3,(H,28,32)(H,29,31). The van der Waals surface area contributed by atoms with E-state index in [4.69, 9.17) is 0 Å². The van der Waals surface area contributed by atoms with Crippen molar-refractivity contribution < 1.29 is 14.0 Å². The summed E-state index contributed by atoms with van der Waals surface area (Å²) in [4.78, 5) is 29.4. The van der Waals surface area contributed by atoms with Crippen LogP contribution in [0, 0.1) is 5.82 Å². The lowest BCUT2D eigenvalue weighted by Gasteiger charge is -2.21. The Kier molecular flexibility index (Phi) is 6.55. The Morgan fingerprint density at radius 2 is 1.67 bits per heavy atom. The Hall–Kier alpha value is -3.91. The molecule has 0 bridgehead atoms. The average Bonchev–Trinajstić information content (AvgIpc) is 2.83. The lowest BCUT2D eigenvalue weighted by molar-refractivity contribution is 0.102. The number of thiol groups is 1. The number of anilines is 2. The monoisotopic (exact) mass is 460 g/mol. The molecule has 1 heterocycles. The van der Waals surface area contributed by atoms with Gasteiger partial charge in [-0.3, -0.25) is 9.78 Å². The largest absolute Gasteiger partial charge is 0.332 e. The number of aromatic nitrogens is 1. The number of hydrogen-bond acceptors (Lipinski definition) is 4. The quantitative estimate of drug-likeness (QED) is 0.332. The van der Waals surface area contributed by atoms with E-state index in [1.807, 2.05) is 37.3 Å². The highest BCUT2D eigenvalue weighted by molar-refractivity contribution is 7.82. The van der Waals surface area contributed by atoms with E-state index < -0.39 is 17.8 Å². The molecule has 166 valence electrons. The third-order valence-electron chi connectivity index (χ3n) is 5.14. The molecule has 0 aliphatic heterocycles. The van der Waals surface area contributed by atoms with E-state index >= 15 is 0 Å². The first-order valence-electron chi connectivity index (χ1n) is 10.2. The number of nitrogens with one attached hydrogen (secondary N) is 2.